The maximum atomic E-state index is 13.4. The minimum atomic E-state index is -1.93. The fourth-order valence-electron chi connectivity index (χ4n) is 13.3. The van der Waals surface area contributed by atoms with Crippen LogP contribution in [0.25, 0.3) is 0 Å². The van der Waals surface area contributed by atoms with E-state index >= 15 is 0 Å². The van der Waals surface area contributed by atoms with Gasteiger partial charge in [-0.3, -0.25) is 0 Å². The third kappa shape index (κ3) is 26.1. The second kappa shape index (κ2) is 43.8. The normalized spacial score (nSPS) is 39.8. The number of carbonyl (C=O) groups is 1. The fourth-order valence-corrected chi connectivity index (χ4v) is 13.3. The van der Waals surface area contributed by atoms with Crippen LogP contribution in [0, 0.1) is 0 Å². The number of esters is 1. The van der Waals surface area contributed by atoms with E-state index < -0.39 is 234 Å². The minimum absolute atomic E-state index is 0.00202. The Morgan fingerprint density at radius 2 is 0.789 bits per heavy atom. The van der Waals surface area contributed by atoms with E-state index in [1.807, 2.05) is 58.9 Å². The standard InChI is InChI=1S/C76H124O33/c1-13-75(11,108-73-62(93)57(88)53(84)47(33-78)102-73)28-18-26-39(5)22-16-24-40(6)30-45(80)31-42(8)68(96)105-65-50(81)43(9)100-70(63(65)94)98-36-49-55(86)58(89)61(92)72(104-49)106-66-51(82)44(10)99-69(64(66)95)97-35-41(7)25-17-23-37(3)20-15-21-38(4)27-19-29-76(12,14-2)109-74-67(59(90)54(85)48(34-79)103-74)107-71-60(91)56(87)52(83)46(32-77)101-71/h13-14,20,24-27,31,43-67,69-74,77-95H,1-2,15-19,21-23,28-30,32-36H2,3-12H3/b37-20+,38-27+,39-26+,40-24+,41-25-,42-31+/t43-,44-,45+,46+,47+,48+,49+,50-,51-,52+,53+,54+,55+,56-,57-,58-,59-,60+,61+,62+,63+,64+,65+,66+,67+,69+,70+,71-,72-,73-,74-,75+,76+/m0/s1. The molecular formula is C76H124O33. The molecular weight excluding hydrogens is 1440 g/mol. The van der Waals surface area contributed by atoms with Crippen molar-refractivity contribution in [3.63, 3.8) is 0 Å². The molecule has 33 nitrogen and oxygen atoms in total. The molecule has 626 valence electrons. The summed E-state index contributed by atoms with van der Waals surface area (Å²) < 4.78 is 75.6. The number of carbonyl (C=O) groups excluding carboxylic acids is 1. The number of ether oxygens (including phenoxy) is 13. The second-order valence-corrected chi connectivity index (χ2v) is 30.0. The molecule has 6 fully saturated rings. The molecule has 33 atom stereocenters. The van der Waals surface area contributed by atoms with Crippen LogP contribution in [-0.2, 0) is 66.4 Å². The van der Waals surface area contributed by atoms with Gasteiger partial charge in [0.15, 0.2) is 43.8 Å². The number of aliphatic hydroxyl groups excluding tert-OH is 19. The van der Waals surface area contributed by atoms with Crippen LogP contribution in [-0.4, -0.2) is 338 Å². The second-order valence-electron chi connectivity index (χ2n) is 30.0. The molecule has 0 aromatic carbocycles. The lowest BCUT2D eigenvalue weighted by atomic mass is 9.95. The molecule has 0 radical (unpaired) electrons. The molecule has 0 aromatic heterocycles. The van der Waals surface area contributed by atoms with Crippen LogP contribution >= 0.6 is 0 Å². The lowest BCUT2D eigenvalue weighted by Gasteiger charge is -2.47. The lowest BCUT2D eigenvalue weighted by Crippen LogP contribution is -2.65. The molecule has 0 amide bonds. The Hall–Kier alpha value is -3.85. The van der Waals surface area contributed by atoms with Crippen molar-refractivity contribution < 1.29 is 163 Å². The maximum Gasteiger partial charge on any atom is 0.333 e. The average Bonchev–Trinajstić information content (AvgIpc) is 0.794. The van der Waals surface area contributed by atoms with Gasteiger partial charge in [0, 0.05) is 5.57 Å². The molecule has 6 rings (SSSR count). The van der Waals surface area contributed by atoms with E-state index in [-0.39, 0.29) is 18.6 Å². The van der Waals surface area contributed by atoms with Crippen LogP contribution in [0.1, 0.15) is 140 Å². The van der Waals surface area contributed by atoms with E-state index in [0.29, 0.717) is 51.4 Å². The van der Waals surface area contributed by atoms with Gasteiger partial charge in [-0.05, 0) is 146 Å². The molecule has 0 bridgehead atoms. The van der Waals surface area contributed by atoms with Crippen LogP contribution in [0.15, 0.2) is 95.2 Å². The number of rotatable bonds is 39. The van der Waals surface area contributed by atoms with Gasteiger partial charge in [-0.15, -0.1) is 13.2 Å². The molecule has 0 spiro atoms. The molecule has 6 heterocycles. The van der Waals surface area contributed by atoms with Crippen molar-refractivity contribution in [1.82, 2.24) is 0 Å². The molecule has 19 N–H and O–H groups in total. The van der Waals surface area contributed by atoms with Crippen LogP contribution < -0.4 is 0 Å². The number of hydrogen-bond donors (Lipinski definition) is 19. The first kappa shape index (κ1) is 94.0. The maximum absolute atomic E-state index is 13.4. The molecule has 6 aliphatic heterocycles. The number of hydrogen-bond acceptors (Lipinski definition) is 33. The summed E-state index contributed by atoms with van der Waals surface area (Å²) in [6, 6.07) is 0. The van der Waals surface area contributed by atoms with Gasteiger partial charge in [0.2, 0.25) is 0 Å². The Kier molecular flexibility index (Phi) is 37.7. The molecule has 0 aliphatic carbocycles. The van der Waals surface area contributed by atoms with Crippen LogP contribution in [0.5, 0.6) is 0 Å². The number of allylic oxidation sites excluding steroid dienone is 8. The van der Waals surface area contributed by atoms with Crippen molar-refractivity contribution in [2.45, 2.75) is 341 Å². The zero-order chi connectivity index (χ0) is 81.1. The monoisotopic (exact) mass is 1560 g/mol. The summed E-state index contributed by atoms with van der Waals surface area (Å²) in [5.74, 6) is -0.979. The minimum Gasteiger partial charge on any atom is -0.453 e. The summed E-state index contributed by atoms with van der Waals surface area (Å²) in [5, 5.41) is 202. The van der Waals surface area contributed by atoms with E-state index in [1.54, 1.807) is 19.9 Å². The highest BCUT2D eigenvalue weighted by molar-refractivity contribution is 5.88. The Bertz CT molecular complexity index is 3000. The number of aliphatic hydroxyl groups is 19. The van der Waals surface area contributed by atoms with E-state index in [2.05, 4.69) is 19.2 Å². The van der Waals surface area contributed by atoms with Gasteiger partial charge in [-0.1, -0.05) is 70.4 Å². The zero-order valence-corrected chi connectivity index (χ0v) is 64.0. The highest BCUT2D eigenvalue weighted by Gasteiger charge is 2.55. The van der Waals surface area contributed by atoms with Gasteiger partial charge in [-0.25, -0.2) is 4.79 Å². The van der Waals surface area contributed by atoms with Crippen molar-refractivity contribution in [2.24, 2.45) is 0 Å². The molecule has 109 heavy (non-hydrogen) atoms. The van der Waals surface area contributed by atoms with Gasteiger partial charge in [-0.2, -0.15) is 0 Å². The molecule has 0 aromatic rings. The summed E-state index contributed by atoms with van der Waals surface area (Å²) in [5.41, 5.74) is 2.72. The van der Waals surface area contributed by atoms with Crippen LogP contribution in [0.2, 0.25) is 0 Å². The van der Waals surface area contributed by atoms with Crippen molar-refractivity contribution in [2.75, 3.05) is 33.0 Å². The van der Waals surface area contributed by atoms with Crippen molar-refractivity contribution in [3.8, 4) is 0 Å². The summed E-state index contributed by atoms with van der Waals surface area (Å²) >= 11 is 0. The average molecular weight is 1570 g/mol. The van der Waals surface area contributed by atoms with Gasteiger partial charge in [0.1, 0.15) is 128 Å². The first-order valence-electron chi connectivity index (χ1n) is 37.3. The fraction of sp³-hybridized carbons (Fsp3) is 0.776. The first-order chi connectivity index (χ1) is 51.3. The quantitative estimate of drug-likeness (QED) is 0.0194. The predicted octanol–water partition coefficient (Wildman–Crippen LogP) is -1.27. The predicted molar refractivity (Wildman–Crippen MR) is 385 cm³/mol. The molecule has 6 saturated heterocycles. The Morgan fingerprint density at radius 1 is 0.413 bits per heavy atom. The van der Waals surface area contributed by atoms with E-state index in [0.717, 1.165) is 40.7 Å². The van der Waals surface area contributed by atoms with Crippen molar-refractivity contribution >= 4 is 5.97 Å². The van der Waals surface area contributed by atoms with Crippen molar-refractivity contribution in [3.05, 3.63) is 95.2 Å². The third-order valence-electron chi connectivity index (χ3n) is 20.8. The van der Waals surface area contributed by atoms with Crippen LogP contribution in [0.4, 0.5) is 0 Å². The SMILES string of the molecule is C=C[C@](C)(CC/C=C(\C)CC/C=C(\C)C[C@@H](O)/C=C(\C)C(=O)O[C@@H]1[C@@H](O)[C@H](C)O[C@@H](OC[C@H]2O[C@@H](O[C@@H]3[C@@H](O)[C@H](C)O[C@@H](OC/C(C)=C\CC/C(C)=C/CC/C(C)=C/CC[C@@](C)(C=C)O[C@@H]4O[C@H](CO)[C@@H](O)[C@H](O)[C@H]4O[C@@H]4O[C@H](CO)[C@@H](O)[C@H](O)[C@H]4O)[C@@H]3O)[C@H](O)[C@@H](O)[C@@H]2O)[C@@H]1O)O[C@@H]1O[C@H](CO)[C@@H](O)[C@H](O)[C@H]1O. The van der Waals surface area contributed by atoms with E-state index in [9.17, 15) is 102 Å². The highest BCUT2D eigenvalue weighted by Crippen LogP contribution is 2.37. The van der Waals surface area contributed by atoms with Gasteiger partial charge >= 0.3 is 5.97 Å². The molecule has 6 aliphatic rings. The van der Waals surface area contributed by atoms with Gasteiger partial charge < -0.3 is 159 Å². The lowest BCUT2D eigenvalue weighted by molar-refractivity contribution is -0.375. The summed E-state index contributed by atoms with van der Waals surface area (Å²) in [6.45, 7) is 22.5. The Morgan fingerprint density at radius 3 is 1.28 bits per heavy atom. The smallest absolute Gasteiger partial charge is 0.333 e. The first-order valence-corrected chi connectivity index (χ1v) is 37.3. The van der Waals surface area contributed by atoms with Gasteiger partial charge in [0.25, 0.3) is 0 Å². The highest BCUT2D eigenvalue weighted by atomic mass is 16.8. The van der Waals surface area contributed by atoms with E-state index in [1.165, 1.54) is 32.9 Å². The zero-order valence-electron chi connectivity index (χ0n) is 64.0. The summed E-state index contributed by atoms with van der Waals surface area (Å²) in [7, 11) is 0. The molecule has 0 unspecified atom stereocenters. The summed E-state index contributed by atoms with van der Waals surface area (Å²) in [4.78, 5) is 13.4. The Balaban J connectivity index is 0.924. The largest absolute Gasteiger partial charge is 0.453 e. The van der Waals surface area contributed by atoms with Crippen molar-refractivity contribution in [1.29, 1.82) is 0 Å². The van der Waals surface area contributed by atoms with Gasteiger partial charge in [0.05, 0.1) is 62.5 Å². The van der Waals surface area contributed by atoms with Crippen LogP contribution in [0.3, 0.4) is 0 Å². The van der Waals surface area contributed by atoms with E-state index in [4.69, 9.17) is 61.6 Å². The summed E-state index contributed by atoms with van der Waals surface area (Å²) in [6.07, 6.45) is -27.5. The molecule has 0 saturated carbocycles. The Labute approximate surface area is 636 Å². The molecule has 33 heteroatoms. The third-order valence-corrected chi connectivity index (χ3v) is 20.8. The topological polar surface area (TPSA) is 521 Å².